The molecule has 0 atom stereocenters. The maximum Gasteiger partial charge on any atom is 0.339 e. The normalized spacial score (nSPS) is 10.4. The van der Waals surface area contributed by atoms with E-state index in [0.29, 0.717) is 33.9 Å². The molecule has 2 aromatic carbocycles. The third-order valence-corrected chi connectivity index (χ3v) is 5.01. The number of rotatable bonds is 5. The van der Waals surface area contributed by atoms with Crippen LogP contribution in [0.4, 0.5) is 11.6 Å². The highest BCUT2D eigenvalue weighted by Gasteiger charge is 2.23. The van der Waals surface area contributed by atoms with Crippen LogP contribution >= 0.6 is 0 Å². The zero-order valence-corrected chi connectivity index (χ0v) is 17.9. The van der Waals surface area contributed by atoms with Crippen LogP contribution in [-0.4, -0.2) is 11.8 Å². The molecule has 4 rings (SSSR count). The van der Waals surface area contributed by atoms with Crippen molar-refractivity contribution >= 4 is 23.5 Å². The third-order valence-electron chi connectivity index (χ3n) is 5.01. The van der Waals surface area contributed by atoms with Gasteiger partial charge < -0.3 is 0 Å². The first-order chi connectivity index (χ1) is 15.5. The fourth-order valence-electron chi connectivity index (χ4n) is 3.53. The summed E-state index contributed by atoms with van der Waals surface area (Å²) < 4.78 is 0. The monoisotopic (exact) mass is 424 g/mol. The van der Waals surface area contributed by atoms with E-state index in [0.717, 1.165) is 11.4 Å². The molecule has 0 aliphatic heterocycles. The van der Waals surface area contributed by atoms with Crippen LogP contribution in [0.15, 0.2) is 84.9 Å². The van der Waals surface area contributed by atoms with Crippen molar-refractivity contribution in [3.05, 3.63) is 107 Å². The number of aromatic amines is 2. The molecule has 2 heterocycles. The van der Waals surface area contributed by atoms with Crippen molar-refractivity contribution in [1.82, 2.24) is 0 Å². The molecular weight excluding hydrogens is 400 g/mol. The number of aromatic nitrogens is 2. The molecule has 4 aromatic rings. The highest BCUT2D eigenvalue weighted by Crippen LogP contribution is 2.28. The van der Waals surface area contributed by atoms with Gasteiger partial charge in [-0.2, -0.15) is 0 Å². The van der Waals surface area contributed by atoms with Crippen LogP contribution in [0.25, 0.3) is 11.1 Å². The van der Waals surface area contributed by atoms with E-state index < -0.39 is 0 Å². The zero-order valence-electron chi connectivity index (χ0n) is 17.9. The van der Waals surface area contributed by atoms with Gasteiger partial charge in [0.2, 0.25) is 0 Å². The number of H-pyrrole nitrogens is 2. The average Bonchev–Trinajstić information content (AvgIpc) is 2.79. The summed E-state index contributed by atoms with van der Waals surface area (Å²) in [4.78, 5) is 32.4. The zero-order chi connectivity index (χ0) is 22.5. The van der Waals surface area contributed by atoms with Crippen molar-refractivity contribution in [3.63, 3.8) is 0 Å². The fraction of sp³-hybridized carbons (Fsp3) is 0.0769. The number of anilines is 2. The van der Waals surface area contributed by atoms with Crippen LogP contribution in [0, 0.1) is 13.8 Å². The van der Waals surface area contributed by atoms with Gasteiger partial charge in [-0.3, -0.25) is 0 Å². The van der Waals surface area contributed by atoms with Gasteiger partial charge in [0, 0.05) is 12.1 Å². The molecule has 0 aliphatic rings. The predicted molar refractivity (Wildman–Crippen MR) is 123 cm³/mol. The largest absolute Gasteiger partial charge is 0.339 e. The Bertz CT molecular complexity index is 1200. The molecule has 2 aromatic heterocycles. The van der Waals surface area contributed by atoms with Gasteiger partial charge in [0.25, 0.3) is 11.6 Å². The Labute approximate surface area is 186 Å². The third kappa shape index (κ3) is 4.70. The van der Waals surface area contributed by atoms with E-state index in [1.54, 1.807) is 24.3 Å². The highest BCUT2D eigenvalue weighted by atomic mass is 16.2. The molecular formula is C26H24N4O2+2. The van der Waals surface area contributed by atoms with Gasteiger partial charge in [0.15, 0.2) is 0 Å². The van der Waals surface area contributed by atoms with Crippen molar-refractivity contribution in [3.8, 4) is 11.1 Å². The number of hydrogen-bond donors (Lipinski definition) is 2. The number of nitrogens with one attached hydrogen (secondary N) is 4. The number of amides is 2. The summed E-state index contributed by atoms with van der Waals surface area (Å²) in [6.45, 7) is 3.84. The van der Waals surface area contributed by atoms with Gasteiger partial charge in [-0.25, -0.2) is 30.2 Å². The van der Waals surface area contributed by atoms with E-state index in [2.05, 4.69) is 20.6 Å². The van der Waals surface area contributed by atoms with Crippen LogP contribution < -0.4 is 20.6 Å². The molecule has 6 heteroatoms. The van der Waals surface area contributed by atoms with Crippen LogP contribution in [0.1, 0.15) is 32.1 Å². The minimum atomic E-state index is -0.260. The summed E-state index contributed by atoms with van der Waals surface area (Å²) in [5.41, 5.74) is 4.18. The van der Waals surface area contributed by atoms with E-state index in [4.69, 9.17) is 0 Å². The Morgan fingerprint density at radius 1 is 0.562 bits per heavy atom. The maximum atomic E-state index is 13.1. The first kappa shape index (κ1) is 20.9. The van der Waals surface area contributed by atoms with Crippen LogP contribution in [0.5, 0.6) is 0 Å². The Balaban J connectivity index is 1.68. The number of aryl methyl sites for hydroxylation is 2. The van der Waals surface area contributed by atoms with Crippen molar-refractivity contribution in [2.45, 2.75) is 13.8 Å². The first-order valence-electron chi connectivity index (χ1n) is 10.3. The summed E-state index contributed by atoms with van der Waals surface area (Å²) in [6.07, 6.45) is 0. The summed E-state index contributed by atoms with van der Waals surface area (Å²) >= 11 is 0. The molecule has 0 radical (unpaired) electrons. The fourth-order valence-corrected chi connectivity index (χ4v) is 3.53. The first-order valence-corrected chi connectivity index (χ1v) is 10.3. The van der Waals surface area contributed by atoms with Crippen LogP contribution in [0.2, 0.25) is 0 Å². The van der Waals surface area contributed by atoms with Crippen LogP contribution in [-0.2, 0) is 0 Å². The van der Waals surface area contributed by atoms with Gasteiger partial charge in [-0.15, -0.1) is 0 Å². The molecule has 6 nitrogen and oxygen atoms in total. The van der Waals surface area contributed by atoms with E-state index in [1.165, 1.54) is 0 Å². The number of carbonyl (C=O) groups is 2. The molecule has 158 valence electrons. The molecule has 0 saturated heterocycles. The molecule has 32 heavy (non-hydrogen) atoms. The lowest BCUT2D eigenvalue weighted by Gasteiger charge is -2.11. The second-order valence-electron chi connectivity index (χ2n) is 7.49. The van der Waals surface area contributed by atoms with E-state index in [9.17, 15) is 9.59 Å². The summed E-state index contributed by atoms with van der Waals surface area (Å²) in [5, 5.41) is 5.81. The smallest absolute Gasteiger partial charge is 0.245 e. The summed E-state index contributed by atoms with van der Waals surface area (Å²) in [6, 6.07) is 25.7. The van der Waals surface area contributed by atoms with Gasteiger partial charge in [0.1, 0.15) is 0 Å². The number of benzene rings is 2. The second-order valence-corrected chi connectivity index (χ2v) is 7.49. The molecule has 4 N–H and O–H groups in total. The van der Waals surface area contributed by atoms with Crippen molar-refractivity contribution < 1.29 is 19.6 Å². The van der Waals surface area contributed by atoms with E-state index >= 15 is 0 Å². The van der Waals surface area contributed by atoms with Crippen molar-refractivity contribution in [2.24, 2.45) is 0 Å². The number of carbonyl (C=O) groups excluding carboxylic acids is 2. The van der Waals surface area contributed by atoms with Gasteiger partial charge >= 0.3 is 11.8 Å². The molecule has 0 fully saturated rings. The predicted octanol–water partition coefficient (Wildman–Crippen LogP) is 4.10. The molecule has 0 saturated carbocycles. The number of hydrogen-bond acceptors (Lipinski definition) is 2. The molecule has 2 amide bonds. The second kappa shape index (κ2) is 9.22. The quantitative estimate of drug-likeness (QED) is 0.505. The van der Waals surface area contributed by atoms with E-state index in [-0.39, 0.29) is 11.8 Å². The number of pyridine rings is 2. The Morgan fingerprint density at radius 2 is 0.969 bits per heavy atom. The minimum Gasteiger partial charge on any atom is -0.245 e. The van der Waals surface area contributed by atoms with Gasteiger partial charge in [-0.05, 0) is 49.2 Å². The van der Waals surface area contributed by atoms with Gasteiger partial charge in [-0.1, -0.05) is 48.5 Å². The molecule has 0 unspecified atom stereocenters. The summed E-state index contributed by atoms with van der Waals surface area (Å²) in [7, 11) is 0. The SMILES string of the molecule is Cc1cccc(NC(=O)c2ccccc2-c2ccccc2C(=O)Nc2cccc(C)[nH+]2)[nH+]1. The lowest BCUT2D eigenvalue weighted by Crippen LogP contribution is -2.22. The van der Waals surface area contributed by atoms with Crippen molar-refractivity contribution in [1.29, 1.82) is 0 Å². The minimum absolute atomic E-state index is 0.260. The maximum absolute atomic E-state index is 13.1. The highest BCUT2D eigenvalue weighted by molar-refractivity contribution is 6.12. The van der Waals surface area contributed by atoms with Crippen molar-refractivity contribution in [2.75, 3.05) is 10.6 Å². The summed E-state index contributed by atoms with van der Waals surface area (Å²) in [5.74, 6) is 0.686. The molecule has 0 spiro atoms. The van der Waals surface area contributed by atoms with Crippen LogP contribution in [0.3, 0.4) is 0 Å². The Hall–Kier alpha value is -4.32. The lowest BCUT2D eigenvalue weighted by molar-refractivity contribution is -0.370. The topological polar surface area (TPSA) is 86.5 Å². The van der Waals surface area contributed by atoms with Gasteiger partial charge in [0.05, 0.1) is 22.5 Å². The Kier molecular flexibility index (Phi) is 6.03. The lowest BCUT2D eigenvalue weighted by atomic mass is 9.94. The average molecular weight is 425 g/mol. The standard InChI is InChI=1S/C26H22N4O2/c1-17-9-7-15-23(27-17)29-25(31)21-13-5-3-11-19(21)20-12-4-6-14-22(20)26(32)30-24-16-8-10-18(2)28-24/h3-16H,1-2H3,(H,27,29,31)(H,28,30,32)/p+2. The van der Waals surface area contributed by atoms with E-state index in [1.807, 2.05) is 74.5 Å². The Morgan fingerprint density at radius 3 is 1.38 bits per heavy atom. The molecule has 0 aliphatic carbocycles. The molecule has 0 bridgehead atoms.